The number of guanidine groups is 1. The van der Waals surface area contributed by atoms with Crippen LogP contribution < -0.4 is 10.6 Å². The fourth-order valence-corrected chi connectivity index (χ4v) is 3.47. The van der Waals surface area contributed by atoms with Crippen molar-refractivity contribution in [2.75, 3.05) is 20.1 Å². The van der Waals surface area contributed by atoms with E-state index >= 15 is 0 Å². The Kier molecular flexibility index (Phi) is 5.78. The molecule has 1 saturated carbocycles. The van der Waals surface area contributed by atoms with E-state index in [1.165, 1.54) is 18.4 Å². The first-order chi connectivity index (χ1) is 12.1. The van der Waals surface area contributed by atoms with Crippen molar-refractivity contribution >= 4 is 21.9 Å². The summed E-state index contributed by atoms with van der Waals surface area (Å²) < 4.78 is 3.11. The molecule has 1 aliphatic rings. The van der Waals surface area contributed by atoms with Crippen molar-refractivity contribution in [2.24, 2.45) is 10.9 Å². The van der Waals surface area contributed by atoms with Gasteiger partial charge in [0.25, 0.3) is 0 Å². The van der Waals surface area contributed by atoms with E-state index in [0.717, 1.165) is 30.1 Å². The molecule has 134 valence electrons. The van der Waals surface area contributed by atoms with Crippen LogP contribution >= 0.6 is 15.9 Å². The zero-order valence-corrected chi connectivity index (χ0v) is 16.5. The molecular weight excluding hydrogens is 378 g/mol. The smallest absolute Gasteiger partial charge is 0.191 e. The van der Waals surface area contributed by atoms with Gasteiger partial charge >= 0.3 is 0 Å². The number of halogens is 1. The SMILES string of the molecule is CN=C(NCC(C)Cn1cccn1)NCC1(c2cccc(Br)c2)CC1. The van der Waals surface area contributed by atoms with Gasteiger partial charge in [0, 0.05) is 49.0 Å². The number of nitrogens with one attached hydrogen (secondary N) is 2. The number of nitrogens with zero attached hydrogens (tertiary/aromatic N) is 3. The number of hydrogen-bond donors (Lipinski definition) is 2. The Labute approximate surface area is 158 Å². The molecule has 1 aromatic heterocycles. The van der Waals surface area contributed by atoms with Crippen LogP contribution in [-0.4, -0.2) is 35.9 Å². The van der Waals surface area contributed by atoms with Crippen molar-refractivity contribution in [1.29, 1.82) is 0 Å². The Bertz CT molecular complexity index is 706. The number of benzene rings is 1. The van der Waals surface area contributed by atoms with E-state index in [4.69, 9.17) is 0 Å². The lowest BCUT2D eigenvalue weighted by molar-refractivity contribution is 0.443. The van der Waals surface area contributed by atoms with Crippen molar-refractivity contribution < 1.29 is 0 Å². The minimum absolute atomic E-state index is 0.252. The van der Waals surface area contributed by atoms with Crippen molar-refractivity contribution in [2.45, 2.75) is 31.7 Å². The number of aromatic nitrogens is 2. The molecule has 0 saturated heterocycles. The molecule has 0 aliphatic heterocycles. The average molecular weight is 404 g/mol. The summed E-state index contributed by atoms with van der Waals surface area (Å²) in [5.41, 5.74) is 1.65. The third-order valence-electron chi connectivity index (χ3n) is 4.78. The maximum absolute atomic E-state index is 4.36. The summed E-state index contributed by atoms with van der Waals surface area (Å²) in [5, 5.41) is 11.2. The van der Waals surface area contributed by atoms with Crippen LogP contribution in [-0.2, 0) is 12.0 Å². The van der Waals surface area contributed by atoms with Gasteiger partial charge in [-0.1, -0.05) is 35.0 Å². The molecule has 0 amide bonds. The van der Waals surface area contributed by atoms with Crippen molar-refractivity contribution in [1.82, 2.24) is 20.4 Å². The molecule has 1 heterocycles. The maximum atomic E-state index is 4.36. The molecule has 1 aromatic carbocycles. The molecule has 5 nitrogen and oxygen atoms in total. The normalized spacial score (nSPS) is 17.2. The van der Waals surface area contributed by atoms with Crippen molar-refractivity contribution in [3.63, 3.8) is 0 Å². The lowest BCUT2D eigenvalue weighted by atomic mass is 9.96. The second-order valence-corrected chi connectivity index (χ2v) is 7.85. The summed E-state index contributed by atoms with van der Waals surface area (Å²) in [7, 11) is 1.83. The highest BCUT2D eigenvalue weighted by Gasteiger charge is 2.44. The summed E-state index contributed by atoms with van der Waals surface area (Å²) in [4.78, 5) is 4.36. The van der Waals surface area contributed by atoms with Gasteiger partial charge in [-0.25, -0.2) is 0 Å². The molecule has 25 heavy (non-hydrogen) atoms. The molecule has 0 bridgehead atoms. The minimum atomic E-state index is 0.252. The van der Waals surface area contributed by atoms with Crippen LogP contribution in [0, 0.1) is 5.92 Å². The van der Waals surface area contributed by atoms with Gasteiger partial charge in [-0.3, -0.25) is 9.67 Å². The molecule has 6 heteroatoms. The molecule has 0 radical (unpaired) electrons. The number of rotatable bonds is 7. The van der Waals surface area contributed by atoms with Gasteiger partial charge < -0.3 is 10.6 Å². The van der Waals surface area contributed by atoms with E-state index in [1.54, 1.807) is 0 Å². The van der Waals surface area contributed by atoms with Gasteiger partial charge in [0.2, 0.25) is 0 Å². The second-order valence-electron chi connectivity index (χ2n) is 6.93. The van der Waals surface area contributed by atoms with Crippen LogP contribution in [0.2, 0.25) is 0 Å². The van der Waals surface area contributed by atoms with E-state index in [9.17, 15) is 0 Å². The van der Waals surface area contributed by atoms with E-state index in [2.05, 4.69) is 67.8 Å². The minimum Gasteiger partial charge on any atom is -0.356 e. The van der Waals surface area contributed by atoms with Crippen LogP contribution in [0.5, 0.6) is 0 Å². The highest BCUT2D eigenvalue weighted by molar-refractivity contribution is 9.10. The fourth-order valence-electron chi connectivity index (χ4n) is 3.07. The van der Waals surface area contributed by atoms with E-state index in [1.807, 2.05) is 30.2 Å². The summed E-state index contributed by atoms with van der Waals surface area (Å²) in [6.07, 6.45) is 6.27. The Hall–Kier alpha value is -1.82. The standard InChI is InChI=1S/C19H26BrN5/c1-15(13-25-10-4-9-24-25)12-22-18(21-2)23-14-19(7-8-19)16-5-3-6-17(20)11-16/h3-6,9-11,15H,7-8,12-14H2,1-2H3,(H2,21,22,23). The molecule has 1 fully saturated rings. The lowest BCUT2D eigenvalue weighted by Gasteiger charge is -2.20. The number of aliphatic imine (C=N–C) groups is 1. The Morgan fingerprint density at radius 3 is 2.84 bits per heavy atom. The predicted molar refractivity (Wildman–Crippen MR) is 106 cm³/mol. The summed E-state index contributed by atoms with van der Waals surface area (Å²) in [6.45, 7) is 4.89. The highest BCUT2D eigenvalue weighted by atomic mass is 79.9. The van der Waals surface area contributed by atoms with Crippen LogP contribution in [0.4, 0.5) is 0 Å². The van der Waals surface area contributed by atoms with Gasteiger partial charge in [-0.05, 0) is 42.5 Å². The van der Waals surface area contributed by atoms with Gasteiger partial charge in [0.15, 0.2) is 5.96 Å². The topological polar surface area (TPSA) is 54.2 Å². The summed E-state index contributed by atoms with van der Waals surface area (Å²) in [5.74, 6) is 1.34. The van der Waals surface area contributed by atoms with E-state index in [-0.39, 0.29) is 5.41 Å². The highest BCUT2D eigenvalue weighted by Crippen LogP contribution is 2.48. The molecule has 1 aliphatic carbocycles. The molecule has 2 aromatic rings. The van der Waals surface area contributed by atoms with Crippen LogP contribution in [0.25, 0.3) is 0 Å². The first kappa shape index (κ1) is 18.0. The molecule has 1 atom stereocenters. The monoisotopic (exact) mass is 403 g/mol. The first-order valence-electron chi connectivity index (χ1n) is 8.79. The van der Waals surface area contributed by atoms with Crippen molar-refractivity contribution in [3.05, 3.63) is 52.8 Å². The maximum Gasteiger partial charge on any atom is 0.191 e. The van der Waals surface area contributed by atoms with Crippen molar-refractivity contribution in [3.8, 4) is 0 Å². The lowest BCUT2D eigenvalue weighted by Crippen LogP contribution is -2.43. The van der Waals surface area contributed by atoms with Gasteiger partial charge in [0.1, 0.15) is 0 Å². The van der Waals surface area contributed by atoms with Gasteiger partial charge in [-0.15, -0.1) is 0 Å². The second kappa shape index (κ2) is 8.04. The zero-order valence-electron chi connectivity index (χ0n) is 14.9. The molecular formula is C19H26BrN5. The molecule has 2 N–H and O–H groups in total. The van der Waals surface area contributed by atoms with E-state index < -0.39 is 0 Å². The van der Waals surface area contributed by atoms with Crippen LogP contribution in [0.3, 0.4) is 0 Å². The largest absolute Gasteiger partial charge is 0.356 e. The van der Waals surface area contributed by atoms with Crippen LogP contribution in [0.15, 0.2) is 52.2 Å². The molecule has 3 rings (SSSR count). The third-order valence-corrected chi connectivity index (χ3v) is 5.28. The fraction of sp³-hybridized carbons (Fsp3) is 0.474. The quantitative estimate of drug-likeness (QED) is 0.551. The first-order valence-corrected chi connectivity index (χ1v) is 9.59. The zero-order chi connectivity index (χ0) is 17.7. The Morgan fingerprint density at radius 1 is 1.36 bits per heavy atom. The summed E-state index contributed by atoms with van der Waals surface area (Å²) >= 11 is 3.58. The Balaban J connectivity index is 1.48. The number of hydrogen-bond acceptors (Lipinski definition) is 2. The van der Waals surface area contributed by atoms with Gasteiger partial charge in [0.05, 0.1) is 0 Å². The Morgan fingerprint density at radius 2 is 2.20 bits per heavy atom. The van der Waals surface area contributed by atoms with E-state index in [0.29, 0.717) is 5.92 Å². The van der Waals surface area contributed by atoms with Crippen LogP contribution in [0.1, 0.15) is 25.3 Å². The average Bonchev–Trinajstić information content (AvgIpc) is 3.23. The molecule has 0 spiro atoms. The predicted octanol–water partition coefficient (Wildman–Crippen LogP) is 3.18. The third kappa shape index (κ3) is 4.84. The summed E-state index contributed by atoms with van der Waals surface area (Å²) in [6, 6.07) is 10.6. The van der Waals surface area contributed by atoms with Gasteiger partial charge in [-0.2, -0.15) is 5.10 Å². The molecule has 1 unspecified atom stereocenters.